The Bertz CT molecular complexity index is 1100. The molecule has 2 aromatic carbocycles. The van der Waals surface area contributed by atoms with Crippen LogP contribution < -0.4 is 10.1 Å². The maximum absolute atomic E-state index is 13.7. The number of nitrogens with zero attached hydrogens (tertiary/aromatic N) is 1. The Morgan fingerprint density at radius 1 is 1.12 bits per heavy atom. The topological polar surface area (TPSA) is 58.6 Å². The van der Waals surface area contributed by atoms with Gasteiger partial charge in [-0.05, 0) is 59.7 Å². The molecule has 1 N–H and O–H groups in total. The number of benzene rings is 2. The summed E-state index contributed by atoms with van der Waals surface area (Å²) in [7, 11) is 1.62. The average Bonchev–Trinajstić information content (AvgIpc) is 3.54. The minimum absolute atomic E-state index is 0.105. The van der Waals surface area contributed by atoms with E-state index in [4.69, 9.17) is 16.3 Å². The summed E-state index contributed by atoms with van der Waals surface area (Å²) in [5.74, 6) is 0.449. The molecule has 1 aliphatic carbocycles. The van der Waals surface area contributed by atoms with Gasteiger partial charge in [0.1, 0.15) is 11.8 Å². The van der Waals surface area contributed by atoms with Crippen molar-refractivity contribution in [3.63, 3.8) is 0 Å². The second-order valence-corrected chi connectivity index (χ2v) is 10.0. The Morgan fingerprint density at radius 2 is 1.88 bits per heavy atom. The third-order valence-corrected chi connectivity index (χ3v) is 7.29. The molecule has 7 heteroatoms. The lowest BCUT2D eigenvalue weighted by molar-refractivity contribution is -0.141. The molecule has 0 radical (unpaired) electrons. The van der Waals surface area contributed by atoms with E-state index in [1.54, 1.807) is 24.1 Å². The highest BCUT2D eigenvalue weighted by atomic mass is 35.5. The van der Waals surface area contributed by atoms with Crippen molar-refractivity contribution in [3.05, 3.63) is 87.1 Å². The molecule has 5 nitrogen and oxygen atoms in total. The summed E-state index contributed by atoms with van der Waals surface area (Å²) < 4.78 is 5.38. The third-order valence-electron chi connectivity index (χ3n) is 6.16. The zero-order valence-corrected chi connectivity index (χ0v) is 20.8. The van der Waals surface area contributed by atoms with E-state index >= 15 is 0 Å². The highest BCUT2D eigenvalue weighted by Gasteiger charge is 2.33. The number of hydrogen-bond donors (Lipinski definition) is 1. The number of halogens is 1. The van der Waals surface area contributed by atoms with E-state index in [0.29, 0.717) is 10.8 Å². The first-order valence-electron chi connectivity index (χ1n) is 11.5. The molecule has 1 heterocycles. The van der Waals surface area contributed by atoms with Crippen LogP contribution in [0.2, 0.25) is 5.02 Å². The van der Waals surface area contributed by atoms with Crippen LogP contribution in [0.1, 0.15) is 47.7 Å². The molecule has 0 spiro atoms. The fourth-order valence-corrected chi connectivity index (χ4v) is 5.24. The van der Waals surface area contributed by atoms with Crippen LogP contribution in [0.25, 0.3) is 0 Å². The van der Waals surface area contributed by atoms with Crippen molar-refractivity contribution in [1.82, 2.24) is 10.2 Å². The van der Waals surface area contributed by atoms with Gasteiger partial charge in [0.15, 0.2) is 0 Å². The molecule has 34 heavy (non-hydrogen) atoms. The van der Waals surface area contributed by atoms with E-state index in [0.717, 1.165) is 41.7 Å². The molecule has 4 rings (SSSR count). The first kappa shape index (κ1) is 24.3. The first-order valence-corrected chi connectivity index (χ1v) is 12.8. The van der Waals surface area contributed by atoms with E-state index < -0.39 is 6.04 Å². The number of hydrogen-bond acceptors (Lipinski definition) is 4. The SMILES string of the molecule is COc1cccc(CN(C(=O)Cc2cccs2)[C@@H](C(=O)NC2CCCC2)c2ccc(Cl)cc2)c1. The molecule has 3 aromatic rings. The highest BCUT2D eigenvalue weighted by molar-refractivity contribution is 7.10. The quantitative estimate of drug-likeness (QED) is 0.408. The van der Waals surface area contributed by atoms with Gasteiger partial charge in [0.05, 0.1) is 13.5 Å². The summed E-state index contributed by atoms with van der Waals surface area (Å²) in [6.45, 7) is 0.285. The number of carbonyl (C=O) groups excluding carboxylic acids is 2. The summed E-state index contributed by atoms with van der Waals surface area (Å²) in [5.41, 5.74) is 1.63. The molecule has 1 fully saturated rings. The van der Waals surface area contributed by atoms with E-state index in [9.17, 15) is 9.59 Å². The van der Waals surface area contributed by atoms with Gasteiger partial charge in [0.2, 0.25) is 11.8 Å². The van der Waals surface area contributed by atoms with Gasteiger partial charge in [-0.1, -0.05) is 54.8 Å². The van der Waals surface area contributed by atoms with E-state index in [1.165, 1.54) is 11.3 Å². The van der Waals surface area contributed by atoms with Gasteiger partial charge in [-0.15, -0.1) is 11.3 Å². The Labute approximate surface area is 209 Å². The summed E-state index contributed by atoms with van der Waals surface area (Å²) in [4.78, 5) is 30.0. The number of nitrogens with one attached hydrogen (secondary N) is 1. The number of amides is 2. The maximum Gasteiger partial charge on any atom is 0.247 e. The van der Waals surface area contributed by atoms with Crippen LogP contribution in [0.5, 0.6) is 5.75 Å². The fourth-order valence-electron chi connectivity index (χ4n) is 4.42. The average molecular weight is 497 g/mol. The zero-order chi connectivity index (χ0) is 23.9. The largest absolute Gasteiger partial charge is 0.497 e. The molecule has 178 valence electrons. The number of methoxy groups -OCH3 is 1. The minimum atomic E-state index is -0.767. The molecular formula is C27H29ClN2O3S. The summed E-state index contributed by atoms with van der Waals surface area (Å²) >= 11 is 7.68. The van der Waals surface area contributed by atoms with Crippen molar-refractivity contribution < 1.29 is 14.3 Å². The Balaban J connectivity index is 1.70. The molecule has 0 bridgehead atoms. The minimum Gasteiger partial charge on any atom is -0.497 e. The fraction of sp³-hybridized carbons (Fsp3) is 0.333. The first-order chi connectivity index (χ1) is 16.5. The van der Waals surface area contributed by atoms with Gasteiger partial charge in [0, 0.05) is 22.5 Å². The van der Waals surface area contributed by atoms with E-state index in [2.05, 4.69) is 5.32 Å². The molecule has 2 amide bonds. The lowest BCUT2D eigenvalue weighted by Crippen LogP contribution is -2.46. The molecule has 1 aliphatic rings. The predicted molar refractivity (Wildman–Crippen MR) is 136 cm³/mol. The van der Waals surface area contributed by atoms with Gasteiger partial charge >= 0.3 is 0 Å². The Kier molecular flexibility index (Phi) is 8.25. The maximum atomic E-state index is 13.7. The van der Waals surface area contributed by atoms with Crippen molar-refractivity contribution in [3.8, 4) is 5.75 Å². The van der Waals surface area contributed by atoms with E-state index in [1.807, 2.05) is 53.9 Å². The number of thiophene rings is 1. The number of carbonyl (C=O) groups is 2. The van der Waals surface area contributed by atoms with Crippen molar-refractivity contribution in [2.75, 3.05) is 7.11 Å². The van der Waals surface area contributed by atoms with Crippen LogP contribution >= 0.6 is 22.9 Å². The molecule has 1 atom stereocenters. The Morgan fingerprint density at radius 3 is 2.56 bits per heavy atom. The van der Waals surface area contributed by atoms with Gasteiger partial charge in [-0.2, -0.15) is 0 Å². The van der Waals surface area contributed by atoms with Crippen molar-refractivity contribution in [2.24, 2.45) is 0 Å². The van der Waals surface area contributed by atoms with Crippen LogP contribution in [0, 0.1) is 0 Å². The lowest BCUT2D eigenvalue weighted by Gasteiger charge is -2.32. The van der Waals surface area contributed by atoms with Crippen molar-refractivity contribution in [2.45, 2.75) is 50.7 Å². The highest BCUT2D eigenvalue weighted by Crippen LogP contribution is 2.29. The lowest BCUT2D eigenvalue weighted by atomic mass is 10.0. The van der Waals surface area contributed by atoms with Gasteiger partial charge in [-0.3, -0.25) is 9.59 Å². The van der Waals surface area contributed by atoms with Crippen molar-refractivity contribution in [1.29, 1.82) is 0 Å². The molecule has 0 saturated heterocycles. The van der Waals surface area contributed by atoms with Gasteiger partial charge < -0.3 is 15.0 Å². The summed E-state index contributed by atoms with van der Waals surface area (Å²) in [6, 6.07) is 18.1. The number of ether oxygens (including phenoxy) is 1. The van der Waals surface area contributed by atoms with Gasteiger partial charge in [-0.25, -0.2) is 0 Å². The molecular weight excluding hydrogens is 468 g/mol. The standard InChI is InChI=1S/C27H29ClN2O3S/c1-33-23-9-4-6-19(16-23)18-30(25(31)17-24-10-5-15-34-24)26(20-11-13-21(28)14-12-20)27(32)29-22-7-2-3-8-22/h4-6,9-16,22,26H,2-3,7-8,17-18H2,1H3,(H,29,32)/t26-/m1/s1. The molecule has 0 unspecified atom stereocenters. The molecule has 1 saturated carbocycles. The predicted octanol–water partition coefficient (Wildman–Crippen LogP) is 5.78. The van der Waals surface area contributed by atoms with Crippen LogP contribution in [0.4, 0.5) is 0 Å². The van der Waals surface area contributed by atoms with Crippen LogP contribution in [0.3, 0.4) is 0 Å². The number of rotatable bonds is 9. The summed E-state index contributed by atoms with van der Waals surface area (Å²) in [6.07, 6.45) is 4.40. The van der Waals surface area contributed by atoms with E-state index in [-0.39, 0.29) is 30.8 Å². The second-order valence-electron chi connectivity index (χ2n) is 8.57. The second kappa shape index (κ2) is 11.5. The third kappa shape index (κ3) is 6.19. The van der Waals surface area contributed by atoms with Crippen LogP contribution in [0.15, 0.2) is 66.0 Å². The van der Waals surface area contributed by atoms with Crippen LogP contribution in [-0.2, 0) is 22.6 Å². The zero-order valence-electron chi connectivity index (χ0n) is 19.2. The molecule has 1 aromatic heterocycles. The molecule has 0 aliphatic heterocycles. The monoisotopic (exact) mass is 496 g/mol. The van der Waals surface area contributed by atoms with Gasteiger partial charge in [0.25, 0.3) is 0 Å². The Hall–Kier alpha value is -2.83. The smallest absolute Gasteiger partial charge is 0.247 e. The van der Waals surface area contributed by atoms with Crippen molar-refractivity contribution >= 4 is 34.8 Å². The van der Waals surface area contributed by atoms with Crippen LogP contribution in [-0.4, -0.2) is 29.9 Å². The summed E-state index contributed by atoms with van der Waals surface area (Å²) in [5, 5.41) is 5.75. The normalized spacial score (nSPS) is 14.5.